The maximum Gasteiger partial charge on any atom is 0.272 e. The first-order valence-electron chi connectivity index (χ1n) is 8.78. The molecule has 2 aliphatic rings. The number of hydrogen-bond acceptors (Lipinski definition) is 4. The van der Waals surface area contributed by atoms with Gasteiger partial charge in [0.15, 0.2) is 0 Å². The van der Waals surface area contributed by atoms with Crippen LogP contribution in [0.15, 0.2) is 36.4 Å². The SMILES string of the molecule is O=C(c1ccc2ccccc2n1)N1CCN(CC2CCCO2)CC1. The van der Waals surface area contributed by atoms with Crippen molar-refractivity contribution in [3.05, 3.63) is 42.1 Å². The Labute approximate surface area is 142 Å². The molecule has 1 atom stereocenters. The molecule has 2 saturated heterocycles. The summed E-state index contributed by atoms with van der Waals surface area (Å²) in [4.78, 5) is 21.6. The highest BCUT2D eigenvalue weighted by Gasteiger charge is 2.25. The highest BCUT2D eigenvalue weighted by molar-refractivity contribution is 5.95. The third-order valence-corrected chi connectivity index (χ3v) is 4.96. The Bertz CT molecular complexity index is 719. The number of benzene rings is 1. The second-order valence-corrected chi connectivity index (χ2v) is 6.62. The van der Waals surface area contributed by atoms with Gasteiger partial charge in [-0.1, -0.05) is 24.3 Å². The molecule has 0 bridgehead atoms. The summed E-state index contributed by atoms with van der Waals surface area (Å²) >= 11 is 0. The average molecular weight is 325 g/mol. The summed E-state index contributed by atoms with van der Waals surface area (Å²) in [6, 6.07) is 11.7. The molecule has 126 valence electrons. The van der Waals surface area contributed by atoms with E-state index in [-0.39, 0.29) is 5.91 Å². The van der Waals surface area contributed by atoms with Crippen molar-refractivity contribution in [3.8, 4) is 0 Å². The van der Waals surface area contributed by atoms with Crippen LogP contribution in [-0.4, -0.2) is 66.1 Å². The van der Waals surface area contributed by atoms with Crippen molar-refractivity contribution in [2.75, 3.05) is 39.3 Å². The fourth-order valence-corrected chi connectivity index (χ4v) is 3.56. The fourth-order valence-electron chi connectivity index (χ4n) is 3.56. The summed E-state index contributed by atoms with van der Waals surface area (Å²) in [6.45, 7) is 5.26. The van der Waals surface area contributed by atoms with Crippen LogP contribution in [0.3, 0.4) is 0 Å². The standard InChI is InChI=1S/C19H23N3O2/c23-19(18-8-7-15-4-1-2-6-17(15)20-18)22-11-9-21(10-12-22)14-16-5-3-13-24-16/h1-2,4,6-8,16H,3,5,9-14H2. The molecule has 1 aromatic heterocycles. The van der Waals surface area contributed by atoms with Crippen LogP contribution in [0.1, 0.15) is 23.3 Å². The van der Waals surface area contributed by atoms with Gasteiger partial charge in [0.05, 0.1) is 11.6 Å². The van der Waals surface area contributed by atoms with Crippen molar-refractivity contribution < 1.29 is 9.53 Å². The number of pyridine rings is 1. The Kier molecular flexibility index (Phi) is 4.45. The number of rotatable bonds is 3. The normalized spacial score (nSPS) is 22.2. The van der Waals surface area contributed by atoms with Gasteiger partial charge in [0.1, 0.15) is 5.69 Å². The molecule has 1 unspecified atom stereocenters. The number of piperazine rings is 1. The molecule has 2 aromatic rings. The molecule has 0 N–H and O–H groups in total. The molecule has 5 heteroatoms. The van der Waals surface area contributed by atoms with Gasteiger partial charge >= 0.3 is 0 Å². The Balaban J connectivity index is 1.38. The van der Waals surface area contributed by atoms with Crippen LogP contribution in [0, 0.1) is 0 Å². The molecule has 24 heavy (non-hydrogen) atoms. The van der Waals surface area contributed by atoms with E-state index in [4.69, 9.17) is 4.74 Å². The largest absolute Gasteiger partial charge is 0.377 e. The Morgan fingerprint density at radius 2 is 1.96 bits per heavy atom. The molecule has 1 aromatic carbocycles. The number of amides is 1. The van der Waals surface area contributed by atoms with E-state index >= 15 is 0 Å². The summed E-state index contributed by atoms with van der Waals surface area (Å²) in [5.74, 6) is 0.0394. The van der Waals surface area contributed by atoms with Crippen LogP contribution in [0.25, 0.3) is 10.9 Å². The highest BCUT2D eigenvalue weighted by Crippen LogP contribution is 2.16. The molecule has 2 fully saturated rings. The molecule has 0 aliphatic carbocycles. The lowest BCUT2D eigenvalue weighted by Crippen LogP contribution is -2.50. The minimum absolute atomic E-state index is 0.0394. The molecule has 2 aliphatic heterocycles. The van der Waals surface area contributed by atoms with Crippen molar-refractivity contribution in [2.24, 2.45) is 0 Å². The van der Waals surface area contributed by atoms with Crippen molar-refractivity contribution in [1.29, 1.82) is 0 Å². The van der Waals surface area contributed by atoms with E-state index < -0.39 is 0 Å². The summed E-state index contributed by atoms with van der Waals surface area (Å²) < 4.78 is 5.71. The van der Waals surface area contributed by atoms with Crippen molar-refractivity contribution in [1.82, 2.24) is 14.8 Å². The van der Waals surface area contributed by atoms with E-state index in [0.717, 1.165) is 50.2 Å². The predicted molar refractivity (Wildman–Crippen MR) is 93.1 cm³/mol. The van der Waals surface area contributed by atoms with Gasteiger partial charge < -0.3 is 9.64 Å². The van der Waals surface area contributed by atoms with Crippen molar-refractivity contribution in [2.45, 2.75) is 18.9 Å². The number of aromatic nitrogens is 1. The van der Waals surface area contributed by atoms with Crippen LogP contribution in [0.2, 0.25) is 0 Å². The third-order valence-electron chi connectivity index (χ3n) is 4.96. The number of ether oxygens (including phenoxy) is 1. The number of carbonyl (C=O) groups excluding carboxylic acids is 1. The molecular weight excluding hydrogens is 302 g/mol. The molecule has 4 rings (SSSR count). The zero-order valence-electron chi connectivity index (χ0n) is 13.9. The third kappa shape index (κ3) is 3.28. The van der Waals surface area contributed by atoms with E-state index in [1.165, 1.54) is 12.8 Å². The summed E-state index contributed by atoms with van der Waals surface area (Å²) in [5, 5.41) is 1.07. The monoisotopic (exact) mass is 325 g/mol. The summed E-state index contributed by atoms with van der Waals surface area (Å²) in [5.41, 5.74) is 1.42. The van der Waals surface area contributed by atoms with E-state index in [2.05, 4.69) is 9.88 Å². The average Bonchev–Trinajstić information content (AvgIpc) is 3.14. The minimum Gasteiger partial charge on any atom is -0.377 e. The van der Waals surface area contributed by atoms with E-state index in [0.29, 0.717) is 11.8 Å². The summed E-state index contributed by atoms with van der Waals surface area (Å²) in [7, 11) is 0. The molecule has 0 radical (unpaired) electrons. The quantitative estimate of drug-likeness (QED) is 0.868. The number of hydrogen-bond donors (Lipinski definition) is 0. The first kappa shape index (κ1) is 15.5. The van der Waals surface area contributed by atoms with Gasteiger partial charge in [0.2, 0.25) is 0 Å². The highest BCUT2D eigenvalue weighted by atomic mass is 16.5. The van der Waals surface area contributed by atoms with Crippen LogP contribution >= 0.6 is 0 Å². The molecule has 1 amide bonds. The lowest BCUT2D eigenvalue weighted by Gasteiger charge is -2.35. The Morgan fingerprint density at radius 1 is 1.12 bits per heavy atom. The fraction of sp³-hybridized carbons (Fsp3) is 0.474. The molecular formula is C19H23N3O2. The number of carbonyl (C=O) groups is 1. The second-order valence-electron chi connectivity index (χ2n) is 6.62. The van der Waals surface area contributed by atoms with E-state index in [9.17, 15) is 4.79 Å². The van der Waals surface area contributed by atoms with Gasteiger partial charge in [-0.25, -0.2) is 4.98 Å². The topological polar surface area (TPSA) is 45.7 Å². The van der Waals surface area contributed by atoms with Gasteiger partial charge in [-0.15, -0.1) is 0 Å². The van der Waals surface area contributed by atoms with Gasteiger partial charge in [0.25, 0.3) is 5.91 Å². The summed E-state index contributed by atoms with van der Waals surface area (Å²) in [6.07, 6.45) is 2.73. The Hall–Kier alpha value is -1.98. The zero-order chi connectivity index (χ0) is 16.4. The zero-order valence-corrected chi connectivity index (χ0v) is 13.9. The first-order valence-corrected chi connectivity index (χ1v) is 8.78. The molecule has 0 spiro atoms. The Morgan fingerprint density at radius 3 is 2.75 bits per heavy atom. The lowest BCUT2D eigenvalue weighted by molar-refractivity contribution is 0.0430. The minimum atomic E-state index is 0.0394. The van der Waals surface area contributed by atoms with Gasteiger partial charge in [0, 0.05) is 44.7 Å². The van der Waals surface area contributed by atoms with Gasteiger partial charge in [-0.2, -0.15) is 0 Å². The number of nitrogens with zero attached hydrogens (tertiary/aromatic N) is 3. The van der Waals surface area contributed by atoms with Gasteiger partial charge in [-0.3, -0.25) is 9.69 Å². The van der Waals surface area contributed by atoms with Crippen LogP contribution in [0.4, 0.5) is 0 Å². The smallest absolute Gasteiger partial charge is 0.272 e. The number of para-hydroxylation sites is 1. The second kappa shape index (κ2) is 6.87. The predicted octanol–water partition coefficient (Wildman–Crippen LogP) is 2.17. The maximum absolute atomic E-state index is 12.7. The molecule has 0 saturated carbocycles. The van der Waals surface area contributed by atoms with Crippen molar-refractivity contribution in [3.63, 3.8) is 0 Å². The maximum atomic E-state index is 12.7. The molecule has 3 heterocycles. The number of fused-ring (bicyclic) bond motifs is 1. The lowest BCUT2D eigenvalue weighted by atomic mass is 10.2. The van der Waals surface area contributed by atoms with Crippen LogP contribution in [0.5, 0.6) is 0 Å². The van der Waals surface area contributed by atoms with Gasteiger partial charge in [-0.05, 0) is 25.0 Å². The van der Waals surface area contributed by atoms with E-state index in [1.807, 2.05) is 41.3 Å². The molecule has 5 nitrogen and oxygen atoms in total. The van der Waals surface area contributed by atoms with Crippen LogP contribution in [-0.2, 0) is 4.74 Å². The first-order chi connectivity index (χ1) is 11.8. The van der Waals surface area contributed by atoms with Crippen LogP contribution < -0.4 is 0 Å². The van der Waals surface area contributed by atoms with E-state index in [1.54, 1.807) is 0 Å². The van der Waals surface area contributed by atoms with Crippen molar-refractivity contribution >= 4 is 16.8 Å².